The third-order valence-electron chi connectivity index (χ3n) is 2.83. The molecule has 0 aliphatic heterocycles. The lowest BCUT2D eigenvalue weighted by Crippen LogP contribution is -2.30. The van der Waals surface area contributed by atoms with Gasteiger partial charge in [-0.1, -0.05) is 30.7 Å². The lowest BCUT2D eigenvalue weighted by Gasteiger charge is -2.24. The van der Waals surface area contributed by atoms with E-state index in [-0.39, 0.29) is 12.1 Å². The SMILES string of the molecule is CCC(N)C(OCCCOC)c1cccc(Cl)c1. The van der Waals surface area contributed by atoms with Crippen molar-refractivity contribution in [3.8, 4) is 0 Å². The monoisotopic (exact) mass is 271 g/mol. The van der Waals surface area contributed by atoms with E-state index < -0.39 is 0 Å². The molecular weight excluding hydrogens is 250 g/mol. The van der Waals surface area contributed by atoms with Crippen LogP contribution in [0.25, 0.3) is 0 Å². The molecule has 0 aliphatic rings. The summed E-state index contributed by atoms with van der Waals surface area (Å²) in [5.41, 5.74) is 7.15. The standard InChI is InChI=1S/C14H22ClNO2/c1-3-13(16)14(18-9-5-8-17-2)11-6-4-7-12(15)10-11/h4,6-7,10,13-14H,3,5,8-9,16H2,1-2H3. The molecule has 2 N–H and O–H groups in total. The van der Waals surface area contributed by atoms with Gasteiger partial charge in [-0.3, -0.25) is 0 Å². The fourth-order valence-electron chi connectivity index (χ4n) is 1.78. The van der Waals surface area contributed by atoms with Crippen LogP contribution in [0.1, 0.15) is 31.4 Å². The molecule has 2 atom stereocenters. The summed E-state index contributed by atoms with van der Waals surface area (Å²) in [6.07, 6.45) is 1.62. The summed E-state index contributed by atoms with van der Waals surface area (Å²) >= 11 is 6.00. The fourth-order valence-corrected chi connectivity index (χ4v) is 1.98. The number of nitrogens with two attached hydrogens (primary N) is 1. The van der Waals surface area contributed by atoms with Gasteiger partial charge in [0.1, 0.15) is 0 Å². The second kappa shape index (κ2) is 8.48. The molecule has 1 aromatic carbocycles. The van der Waals surface area contributed by atoms with Gasteiger partial charge in [-0.2, -0.15) is 0 Å². The van der Waals surface area contributed by atoms with E-state index in [9.17, 15) is 0 Å². The van der Waals surface area contributed by atoms with Crippen LogP contribution < -0.4 is 5.73 Å². The van der Waals surface area contributed by atoms with Gasteiger partial charge in [-0.25, -0.2) is 0 Å². The predicted molar refractivity (Wildman–Crippen MR) is 74.9 cm³/mol. The van der Waals surface area contributed by atoms with Crippen LogP contribution >= 0.6 is 11.6 Å². The highest BCUT2D eigenvalue weighted by molar-refractivity contribution is 6.30. The van der Waals surface area contributed by atoms with Crippen molar-refractivity contribution < 1.29 is 9.47 Å². The highest BCUT2D eigenvalue weighted by Gasteiger charge is 2.19. The predicted octanol–water partition coefficient (Wildman–Crippen LogP) is 3.17. The number of methoxy groups -OCH3 is 1. The van der Waals surface area contributed by atoms with Gasteiger partial charge < -0.3 is 15.2 Å². The Kier molecular flexibility index (Phi) is 7.28. The molecule has 0 aliphatic carbocycles. The molecule has 0 saturated heterocycles. The molecule has 1 rings (SSSR count). The number of halogens is 1. The third-order valence-corrected chi connectivity index (χ3v) is 3.06. The Morgan fingerprint density at radius 2 is 2.11 bits per heavy atom. The quantitative estimate of drug-likeness (QED) is 0.739. The Bertz CT molecular complexity index is 346. The van der Waals surface area contributed by atoms with Gasteiger partial charge in [0, 0.05) is 31.4 Å². The van der Waals surface area contributed by atoms with Crippen molar-refractivity contribution in [2.75, 3.05) is 20.3 Å². The Labute approximate surface area is 114 Å². The van der Waals surface area contributed by atoms with Crippen molar-refractivity contribution in [1.29, 1.82) is 0 Å². The summed E-state index contributed by atoms with van der Waals surface area (Å²) in [4.78, 5) is 0. The number of benzene rings is 1. The lowest BCUT2D eigenvalue weighted by atomic mass is 10.0. The second-order valence-electron chi connectivity index (χ2n) is 4.26. The van der Waals surface area contributed by atoms with E-state index in [2.05, 4.69) is 6.92 Å². The number of ether oxygens (including phenoxy) is 2. The maximum atomic E-state index is 6.11. The van der Waals surface area contributed by atoms with Crippen LogP contribution in [0.3, 0.4) is 0 Å². The van der Waals surface area contributed by atoms with Gasteiger partial charge in [0.05, 0.1) is 6.10 Å². The van der Waals surface area contributed by atoms with Crippen LogP contribution in [0.4, 0.5) is 0 Å². The van der Waals surface area contributed by atoms with Crippen LogP contribution in [0.15, 0.2) is 24.3 Å². The Morgan fingerprint density at radius 3 is 2.72 bits per heavy atom. The summed E-state index contributed by atoms with van der Waals surface area (Å²) in [6, 6.07) is 7.67. The van der Waals surface area contributed by atoms with Gasteiger partial charge in [0.25, 0.3) is 0 Å². The average Bonchev–Trinajstić information content (AvgIpc) is 2.38. The summed E-state index contributed by atoms with van der Waals surface area (Å²) in [7, 11) is 1.69. The van der Waals surface area contributed by atoms with E-state index >= 15 is 0 Å². The van der Waals surface area contributed by atoms with Crippen LogP contribution in [-0.4, -0.2) is 26.4 Å². The lowest BCUT2D eigenvalue weighted by molar-refractivity contribution is 0.0222. The van der Waals surface area contributed by atoms with Crippen molar-refractivity contribution in [1.82, 2.24) is 0 Å². The van der Waals surface area contributed by atoms with E-state index in [0.29, 0.717) is 18.2 Å². The highest BCUT2D eigenvalue weighted by Crippen LogP contribution is 2.24. The Hall–Kier alpha value is -0.610. The first kappa shape index (κ1) is 15.4. The van der Waals surface area contributed by atoms with Gasteiger partial charge in [-0.15, -0.1) is 0 Å². The van der Waals surface area contributed by atoms with E-state index in [4.69, 9.17) is 26.8 Å². The molecule has 4 heteroatoms. The molecule has 0 heterocycles. The molecule has 0 fully saturated rings. The molecule has 0 amide bonds. The first-order valence-corrected chi connectivity index (χ1v) is 6.68. The summed E-state index contributed by atoms with van der Waals surface area (Å²) < 4.78 is 10.9. The van der Waals surface area contributed by atoms with Gasteiger partial charge in [0.2, 0.25) is 0 Å². The van der Waals surface area contributed by atoms with Crippen molar-refractivity contribution in [3.05, 3.63) is 34.9 Å². The van der Waals surface area contributed by atoms with Gasteiger partial charge in [-0.05, 0) is 30.5 Å². The maximum absolute atomic E-state index is 6.11. The number of hydrogen-bond acceptors (Lipinski definition) is 3. The zero-order chi connectivity index (χ0) is 13.4. The molecule has 0 spiro atoms. The molecule has 0 aromatic heterocycles. The van der Waals surface area contributed by atoms with Crippen molar-refractivity contribution in [2.45, 2.75) is 31.9 Å². The summed E-state index contributed by atoms with van der Waals surface area (Å²) in [5, 5.41) is 0.710. The van der Waals surface area contributed by atoms with E-state index in [1.807, 2.05) is 24.3 Å². The zero-order valence-electron chi connectivity index (χ0n) is 11.1. The Morgan fingerprint density at radius 1 is 1.33 bits per heavy atom. The number of rotatable bonds is 8. The topological polar surface area (TPSA) is 44.5 Å². The van der Waals surface area contributed by atoms with Gasteiger partial charge >= 0.3 is 0 Å². The van der Waals surface area contributed by atoms with Crippen LogP contribution in [0, 0.1) is 0 Å². The van der Waals surface area contributed by atoms with Crippen molar-refractivity contribution in [2.24, 2.45) is 5.73 Å². The number of hydrogen-bond donors (Lipinski definition) is 1. The van der Waals surface area contributed by atoms with Gasteiger partial charge in [0.15, 0.2) is 0 Å². The van der Waals surface area contributed by atoms with Crippen molar-refractivity contribution in [3.63, 3.8) is 0 Å². The molecule has 2 unspecified atom stereocenters. The second-order valence-corrected chi connectivity index (χ2v) is 4.70. The van der Waals surface area contributed by atoms with Crippen LogP contribution in [0.5, 0.6) is 0 Å². The minimum absolute atomic E-state index is 0.0222. The highest BCUT2D eigenvalue weighted by atomic mass is 35.5. The first-order valence-electron chi connectivity index (χ1n) is 6.30. The minimum atomic E-state index is -0.106. The molecular formula is C14H22ClNO2. The van der Waals surface area contributed by atoms with Crippen molar-refractivity contribution >= 4 is 11.6 Å². The van der Waals surface area contributed by atoms with Crippen LogP contribution in [-0.2, 0) is 9.47 Å². The molecule has 3 nitrogen and oxygen atoms in total. The van der Waals surface area contributed by atoms with E-state index in [1.54, 1.807) is 7.11 Å². The molecule has 18 heavy (non-hydrogen) atoms. The average molecular weight is 272 g/mol. The Balaban J connectivity index is 2.66. The minimum Gasteiger partial charge on any atom is -0.385 e. The maximum Gasteiger partial charge on any atom is 0.0976 e. The molecule has 0 radical (unpaired) electrons. The zero-order valence-corrected chi connectivity index (χ0v) is 11.8. The van der Waals surface area contributed by atoms with E-state index in [0.717, 1.165) is 18.4 Å². The first-order chi connectivity index (χ1) is 8.69. The molecule has 1 aromatic rings. The summed E-state index contributed by atoms with van der Waals surface area (Å²) in [5.74, 6) is 0. The smallest absolute Gasteiger partial charge is 0.0976 e. The van der Waals surface area contributed by atoms with E-state index in [1.165, 1.54) is 0 Å². The molecule has 0 bridgehead atoms. The summed E-state index contributed by atoms with van der Waals surface area (Å²) in [6.45, 7) is 3.39. The fraction of sp³-hybridized carbons (Fsp3) is 0.571. The molecule has 102 valence electrons. The van der Waals surface area contributed by atoms with Crippen LogP contribution in [0.2, 0.25) is 5.02 Å². The molecule has 0 saturated carbocycles. The third kappa shape index (κ3) is 4.94. The largest absolute Gasteiger partial charge is 0.385 e. The normalized spacial score (nSPS) is 14.4.